The maximum absolute atomic E-state index is 4.20. The zero-order valence-electron chi connectivity index (χ0n) is 21.4. The SMILES string of the molecule is C.C.Cn1ccnc1-c1ccccn1.Cn1ccnc1-c1nccn1C.Cn1ccnc1-c1nccn1C.[Os]. The Morgan fingerprint density at radius 3 is 0.949 bits per heavy atom. The van der Waals surface area contributed by atoms with Crippen molar-refractivity contribution < 1.29 is 19.8 Å². The van der Waals surface area contributed by atoms with Gasteiger partial charge in [0.25, 0.3) is 0 Å². The summed E-state index contributed by atoms with van der Waals surface area (Å²) in [7, 11) is 9.78. The van der Waals surface area contributed by atoms with E-state index >= 15 is 0 Å². The Balaban J connectivity index is 0.000000282. The normalized spacial score (nSPS) is 9.56. The molecule has 39 heavy (non-hydrogen) atoms. The molecule has 0 aliphatic carbocycles. The summed E-state index contributed by atoms with van der Waals surface area (Å²) >= 11 is 0. The fourth-order valence-corrected chi connectivity index (χ4v) is 3.43. The third kappa shape index (κ3) is 7.91. The van der Waals surface area contributed by atoms with Gasteiger partial charge < -0.3 is 22.8 Å². The molecule has 0 aliphatic heterocycles. The third-order valence-electron chi connectivity index (χ3n) is 5.40. The van der Waals surface area contributed by atoms with Crippen LogP contribution in [0.5, 0.6) is 0 Å². The van der Waals surface area contributed by atoms with Crippen LogP contribution < -0.4 is 0 Å². The van der Waals surface area contributed by atoms with Gasteiger partial charge in [-0.15, -0.1) is 0 Å². The predicted molar refractivity (Wildman–Crippen MR) is 151 cm³/mol. The van der Waals surface area contributed by atoms with E-state index in [0.717, 1.165) is 34.8 Å². The van der Waals surface area contributed by atoms with E-state index in [2.05, 4.69) is 29.9 Å². The van der Waals surface area contributed by atoms with Gasteiger partial charge >= 0.3 is 0 Å². The minimum atomic E-state index is 0. The number of aromatic nitrogens is 11. The molecule has 0 N–H and O–H groups in total. The Hall–Kier alpha value is -4.16. The molecule has 0 aliphatic rings. The van der Waals surface area contributed by atoms with Crippen molar-refractivity contribution in [2.24, 2.45) is 35.2 Å². The molecular weight excluding hydrogens is 669 g/mol. The first-order chi connectivity index (χ1) is 17.5. The van der Waals surface area contributed by atoms with Crippen molar-refractivity contribution >= 4 is 0 Å². The van der Waals surface area contributed by atoms with Crippen molar-refractivity contribution in [3.8, 4) is 34.8 Å². The monoisotopic (exact) mass is 707 g/mol. The molecule has 0 aromatic carbocycles. The summed E-state index contributed by atoms with van der Waals surface area (Å²) in [6.07, 6.45) is 20.1. The number of pyridine rings is 1. The summed E-state index contributed by atoms with van der Waals surface area (Å²) in [5.41, 5.74) is 0.907. The molecule has 0 saturated carbocycles. The van der Waals surface area contributed by atoms with Crippen molar-refractivity contribution in [2.45, 2.75) is 14.9 Å². The number of rotatable bonds is 3. The van der Waals surface area contributed by atoms with Gasteiger partial charge in [0.15, 0.2) is 29.1 Å². The van der Waals surface area contributed by atoms with E-state index in [1.54, 1.807) is 37.2 Å². The largest absolute Gasteiger partial charge is 0.333 e. The number of aryl methyl sites for hydroxylation is 5. The maximum atomic E-state index is 4.20. The Morgan fingerprint density at radius 2 is 0.718 bits per heavy atom. The van der Waals surface area contributed by atoms with Crippen LogP contribution in [0.2, 0.25) is 0 Å². The molecule has 6 aromatic rings. The zero-order valence-corrected chi connectivity index (χ0v) is 23.9. The molecule has 208 valence electrons. The van der Waals surface area contributed by atoms with Gasteiger partial charge in [-0.05, 0) is 12.1 Å². The molecule has 0 atom stereocenters. The smallest absolute Gasteiger partial charge is 0.176 e. The predicted octanol–water partition coefficient (Wildman–Crippen LogP) is 4.39. The van der Waals surface area contributed by atoms with Gasteiger partial charge in [-0.25, -0.2) is 24.9 Å². The number of hydrogen-bond acceptors (Lipinski definition) is 6. The molecule has 6 aromatic heterocycles. The van der Waals surface area contributed by atoms with Crippen LogP contribution in [0, 0.1) is 0 Å². The van der Waals surface area contributed by atoms with E-state index in [4.69, 9.17) is 0 Å². The summed E-state index contributed by atoms with van der Waals surface area (Å²) in [6, 6.07) is 5.80. The Labute approximate surface area is 243 Å². The minimum absolute atomic E-state index is 0. The molecule has 12 heteroatoms. The minimum Gasteiger partial charge on any atom is -0.333 e. The van der Waals surface area contributed by atoms with Gasteiger partial charge in [0, 0.05) is 123 Å². The maximum Gasteiger partial charge on any atom is 0.176 e. The molecule has 0 spiro atoms. The average molecular weight is 706 g/mol. The van der Waals surface area contributed by atoms with Gasteiger partial charge in [0.05, 0.1) is 0 Å². The van der Waals surface area contributed by atoms with E-state index in [9.17, 15) is 0 Å². The van der Waals surface area contributed by atoms with E-state index in [-0.39, 0.29) is 34.6 Å². The standard InChI is InChI=1S/C9H9N3.2C8H10N4.2CH4.Os/c1-12-7-6-11-9(12)8-4-2-3-5-10-8;2*1-11-5-3-9-7(11)8-10-4-6-12(8)2;;;/h2-7H,1H3;2*3-6H,1-2H3;2*1H4;. The second-order valence-corrected chi connectivity index (χ2v) is 8.02. The molecule has 11 nitrogen and oxygen atoms in total. The molecule has 0 radical (unpaired) electrons. The second-order valence-electron chi connectivity index (χ2n) is 8.02. The van der Waals surface area contributed by atoms with Crippen molar-refractivity contribution in [2.75, 3.05) is 0 Å². The van der Waals surface area contributed by atoms with Gasteiger partial charge in [0.2, 0.25) is 0 Å². The number of nitrogens with zero attached hydrogens (tertiary/aromatic N) is 11. The topological polar surface area (TPSA) is 102 Å². The average Bonchev–Trinajstić information content (AvgIpc) is 3.70. The summed E-state index contributed by atoms with van der Waals surface area (Å²) < 4.78 is 9.73. The van der Waals surface area contributed by atoms with Crippen LogP contribution >= 0.6 is 0 Å². The second kappa shape index (κ2) is 15.3. The summed E-state index contributed by atoms with van der Waals surface area (Å²) in [4.78, 5) is 25.2. The summed E-state index contributed by atoms with van der Waals surface area (Å²) in [5, 5.41) is 0. The summed E-state index contributed by atoms with van der Waals surface area (Å²) in [6.45, 7) is 0. The van der Waals surface area contributed by atoms with Gasteiger partial charge in [0.1, 0.15) is 5.69 Å². The Bertz CT molecular complexity index is 1350. The van der Waals surface area contributed by atoms with Crippen LogP contribution in [0.3, 0.4) is 0 Å². The Morgan fingerprint density at radius 1 is 0.410 bits per heavy atom. The molecule has 6 rings (SSSR count). The van der Waals surface area contributed by atoms with Crippen molar-refractivity contribution in [3.05, 3.63) is 86.4 Å². The van der Waals surface area contributed by atoms with E-state index < -0.39 is 0 Å². The zero-order chi connectivity index (χ0) is 25.5. The number of hydrogen-bond donors (Lipinski definition) is 0. The van der Waals surface area contributed by atoms with Crippen molar-refractivity contribution in [1.29, 1.82) is 0 Å². The van der Waals surface area contributed by atoms with Crippen LogP contribution in [0.25, 0.3) is 34.8 Å². The fraction of sp³-hybridized carbons (Fsp3) is 0.259. The van der Waals surface area contributed by atoms with Crippen LogP contribution in [-0.4, -0.2) is 52.7 Å². The Kier molecular flexibility index (Phi) is 12.9. The van der Waals surface area contributed by atoms with Crippen molar-refractivity contribution in [1.82, 2.24) is 52.7 Å². The molecule has 0 amide bonds. The van der Waals surface area contributed by atoms with E-state index in [0.29, 0.717) is 0 Å². The van der Waals surface area contributed by atoms with Gasteiger partial charge in [-0.2, -0.15) is 0 Å². The van der Waals surface area contributed by atoms with Crippen LogP contribution in [0.4, 0.5) is 0 Å². The van der Waals surface area contributed by atoms with Crippen LogP contribution in [0.1, 0.15) is 14.9 Å². The molecular formula is C27H37N11Os. The third-order valence-corrected chi connectivity index (χ3v) is 5.40. The molecule has 6 heterocycles. The number of imidazole rings is 5. The fourth-order valence-electron chi connectivity index (χ4n) is 3.43. The van der Waals surface area contributed by atoms with Gasteiger partial charge in [-0.3, -0.25) is 4.98 Å². The first-order valence-corrected chi connectivity index (χ1v) is 11.2. The quantitative estimate of drug-likeness (QED) is 0.271. The van der Waals surface area contributed by atoms with Crippen LogP contribution in [-0.2, 0) is 55.0 Å². The first kappa shape index (κ1) is 32.9. The van der Waals surface area contributed by atoms with E-state index in [1.165, 1.54) is 0 Å². The molecule has 0 bridgehead atoms. The summed E-state index contributed by atoms with van der Waals surface area (Å²) in [5.74, 6) is 4.46. The molecule has 0 unspecified atom stereocenters. The van der Waals surface area contributed by atoms with E-state index in [1.807, 2.05) is 107 Å². The molecule has 0 saturated heterocycles. The van der Waals surface area contributed by atoms with Crippen LogP contribution in [0.15, 0.2) is 86.4 Å². The van der Waals surface area contributed by atoms with Crippen molar-refractivity contribution in [3.63, 3.8) is 0 Å². The molecule has 0 fully saturated rings. The van der Waals surface area contributed by atoms with Gasteiger partial charge in [-0.1, -0.05) is 20.9 Å². The first-order valence-electron chi connectivity index (χ1n) is 11.2.